The molecule has 4 nitrogen and oxygen atoms in total. The van der Waals surface area contributed by atoms with Crippen LogP contribution in [0.5, 0.6) is 0 Å². The molecule has 1 aliphatic rings. The highest BCUT2D eigenvalue weighted by molar-refractivity contribution is 7.12. The van der Waals surface area contributed by atoms with Gasteiger partial charge in [-0.1, -0.05) is 0 Å². The van der Waals surface area contributed by atoms with Gasteiger partial charge in [0.25, 0.3) is 0 Å². The summed E-state index contributed by atoms with van der Waals surface area (Å²) in [4.78, 5) is 17.6. The number of ether oxygens (including phenoxy) is 1. The number of aromatic nitrogens is 1. The smallest absolute Gasteiger partial charge is 0.379 e. The molecule has 2 rings (SSSR count). The van der Waals surface area contributed by atoms with Crippen LogP contribution < -0.4 is 0 Å². The van der Waals surface area contributed by atoms with Crippen molar-refractivity contribution in [3.63, 3.8) is 0 Å². The van der Waals surface area contributed by atoms with E-state index >= 15 is 0 Å². The van der Waals surface area contributed by atoms with Crippen LogP contribution >= 0.6 is 11.3 Å². The van der Waals surface area contributed by atoms with E-state index in [-0.39, 0.29) is 6.61 Å². The lowest BCUT2D eigenvalue weighted by Gasteiger charge is -2.27. The van der Waals surface area contributed by atoms with E-state index in [2.05, 4.69) is 4.98 Å². The normalized spacial score (nSPS) is 19.3. The van der Waals surface area contributed by atoms with Gasteiger partial charge in [0.05, 0.1) is 17.7 Å². The Morgan fingerprint density at radius 2 is 2.38 bits per heavy atom. The van der Waals surface area contributed by atoms with Crippen LogP contribution in [0, 0.1) is 6.92 Å². The number of aryl methyl sites for hydroxylation is 1. The van der Waals surface area contributed by atoms with Crippen LogP contribution in [0.1, 0.15) is 16.3 Å². The van der Waals surface area contributed by atoms with Crippen molar-refractivity contribution < 1.29 is 22.7 Å². The third kappa shape index (κ3) is 4.82. The van der Waals surface area contributed by atoms with Crippen molar-refractivity contribution in [3.05, 3.63) is 22.2 Å². The Morgan fingerprint density at radius 1 is 1.62 bits per heavy atom. The highest BCUT2D eigenvalue weighted by atomic mass is 32.1. The zero-order valence-corrected chi connectivity index (χ0v) is 12.2. The molecule has 0 aliphatic carbocycles. The number of rotatable bonds is 4. The molecule has 1 aliphatic heterocycles. The number of nitrogens with zero attached hydrogens (tertiary/aromatic N) is 2. The Morgan fingerprint density at radius 3 is 2.90 bits per heavy atom. The number of thiazole rings is 1. The van der Waals surface area contributed by atoms with Crippen LogP contribution in [-0.4, -0.2) is 47.8 Å². The lowest BCUT2D eigenvalue weighted by Crippen LogP contribution is -2.45. The van der Waals surface area contributed by atoms with Gasteiger partial charge in [-0.25, -0.2) is 4.98 Å². The predicted molar refractivity (Wildman–Crippen MR) is 72.9 cm³/mol. The lowest BCUT2D eigenvalue weighted by atomic mass is 10.2. The number of hydrogen-bond donors (Lipinski definition) is 0. The average molecular weight is 320 g/mol. The zero-order chi connectivity index (χ0) is 15.5. The van der Waals surface area contributed by atoms with E-state index in [1.54, 1.807) is 6.20 Å². The Hall–Kier alpha value is -1.41. The van der Waals surface area contributed by atoms with Crippen LogP contribution in [0.3, 0.4) is 0 Å². The van der Waals surface area contributed by atoms with E-state index in [4.69, 9.17) is 4.74 Å². The van der Waals surface area contributed by atoms with Crippen molar-refractivity contribution in [2.45, 2.75) is 25.6 Å². The fourth-order valence-corrected chi connectivity index (χ4v) is 2.74. The van der Waals surface area contributed by atoms with Crippen molar-refractivity contribution in [2.75, 3.05) is 19.8 Å². The van der Waals surface area contributed by atoms with Gasteiger partial charge in [-0.3, -0.25) is 4.79 Å². The second-order valence-electron chi connectivity index (χ2n) is 4.71. The Labute approximate surface area is 124 Å². The van der Waals surface area contributed by atoms with Gasteiger partial charge >= 0.3 is 6.18 Å². The Bertz CT molecular complexity index is 522. The number of hydrogen-bond acceptors (Lipinski definition) is 4. The van der Waals surface area contributed by atoms with Crippen molar-refractivity contribution in [1.82, 2.24) is 9.88 Å². The molecule has 0 spiro atoms. The number of amides is 1. The number of carbonyl (C=O) groups is 1. The Kier molecular flexibility index (Phi) is 5.00. The second kappa shape index (κ2) is 6.57. The van der Waals surface area contributed by atoms with Crippen LogP contribution in [0.15, 0.2) is 12.3 Å². The summed E-state index contributed by atoms with van der Waals surface area (Å²) < 4.78 is 42.9. The maximum Gasteiger partial charge on any atom is 0.406 e. The van der Waals surface area contributed by atoms with E-state index in [1.165, 1.54) is 17.4 Å². The highest BCUT2D eigenvalue weighted by Crippen LogP contribution is 2.22. The van der Waals surface area contributed by atoms with Crippen LogP contribution in [0.2, 0.25) is 0 Å². The van der Waals surface area contributed by atoms with Gasteiger partial charge in [-0.15, -0.1) is 11.3 Å². The molecule has 1 saturated heterocycles. The van der Waals surface area contributed by atoms with E-state index < -0.39 is 24.7 Å². The first-order chi connectivity index (χ1) is 9.85. The Balaban J connectivity index is 2.07. The number of alkyl halides is 3. The third-order valence-corrected chi connectivity index (χ3v) is 3.89. The zero-order valence-electron chi connectivity index (χ0n) is 11.4. The molecule has 1 amide bonds. The summed E-state index contributed by atoms with van der Waals surface area (Å²) in [6.07, 6.45) is 0.238. The van der Waals surface area contributed by atoms with Gasteiger partial charge < -0.3 is 9.64 Å². The largest absolute Gasteiger partial charge is 0.406 e. The molecule has 1 fully saturated rings. The second-order valence-corrected chi connectivity index (χ2v) is 5.98. The fraction of sp³-hybridized carbons (Fsp3) is 0.538. The van der Waals surface area contributed by atoms with Gasteiger partial charge in [0.1, 0.15) is 6.54 Å². The topological polar surface area (TPSA) is 42.4 Å². The molecule has 2 heterocycles. The standard InChI is InChI=1S/C13H15F3N2O2S/c1-9-17-6-11(21-9)2-3-12(19)18(8-13(14,15)16)10-4-5-20-7-10/h2-3,6,10H,4-5,7-8H2,1H3. The average Bonchev–Trinajstić information content (AvgIpc) is 3.03. The van der Waals surface area contributed by atoms with Crippen molar-refractivity contribution >= 4 is 23.3 Å². The minimum Gasteiger partial charge on any atom is -0.379 e. The van der Waals surface area contributed by atoms with Gasteiger partial charge in [0, 0.05) is 23.8 Å². The van der Waals surface area contributed by atoms with Crippen LogP contribution in [-0.2, 0) is 9.53 Å². The van der Waals surface area contributed by atoms with Crippen LogP contribution in [0.4, 0.5) is 13.2 Å². The number of halogens is 3. The summed E-state index contributed by atoms with van der Waals surface area (Å²) in [5.41, 5.74) is 0. The molecular formula is C13H15F3N2O2S. The van der Waals surface area contributed by atoms with Crippen molar-refractivity contribution in [3.8, 4) is 0 Å². The van der Waals surface area contributed by atoms with E-state index in [1.807, 2.05) is 6.92 Å². The van der Waals surface area contributed by atoms with Crippen LogP contribution in [0.25, 0.3) is 6.08 Å². The summed E-state index contributed by atoms with van der Waals surface area (Å²) in [7, 11) is 0. The van der Waals surface area contributed by atoms with E-state index in [9.17, 15) is 18.0 Å². The minimum absolute atomic E-state index is 0.148. The molecule has 0 N–H and O–H groups in total. The molecule has 1 aromatic rings. The molecule has 1 unspecified atom stereocenters. The molecule has 1 aromatic heterocycles. The molecule has 0 radical (unpaired) electrons. The summed E-state index contributed by atoms with van der Waals surface area (Å²) in [5.74, 6) is -0.658. The molecule has 21 heavy (non-hydrogen) atoms. The highest BCUT2D eigenvalue weighted by Gasteiger charge is 2.37. The third-order valence-electron chi connectivity index (χ3n) is 3.01. The monoisotopic (exact) mass is 320 g/mol. The van der Waals surface area contributed by atoms with E-state index in [0.717, 1.165) is 20.9 Å². The maximum atomic E-state index is 12.6. The van der Waals surface area contributed by atoms with Gasteiger partial charge in [0.2, 0.25) is 5.91 Å². The molecule has 8 heteroatoms. The molecule has 1 atom stereocenters. The molecule has 0 saturated carbocycles. The summed E-state index contributed by atoms with van der Waals surface area (Å²) in [5, 5.41) is 0.832. The molecule has 0 bridgehead atoms. The fourth-order valence-electron chi connectivity index (χ4n) is 2.05. The quantitative estimate of drug-likeness (QED) is 0.801. The minimum atomic E-state index is -4.42. The summed E-state index contributed by atoms with van der Waals surface area (Å²) >= 11 is 1.37. The molecule has 116 valence electrons. The predicted octanol–water partition coefficient (Wildman–Crippen LogP) is 2.64. The van der Waals surface area contributed by atoms with E-state index in [0.29, 0.717) is 13.0 Å². The molecule has 0 aromatic carbocycles. The summed E-state index contributed by atoms with van der Waals surface area (Å²) in [6.45, 7) is 1.08. The van der Waals surface area contributed by atoms with Crippen molar-refractivity contribution in [2.24, 2.45) is 0 Å². The summed E-state index contributed by atoms with van der Waals surface area (Å²) in [6, 6.07) is -0.521. The van der Waals surface area contributed by atoms with Crippen molar-refractivity contribution in [1.29, 1.82) is 0 Å². The SMILES string of the molecule is Cc1ncc(C=CC(=O)N(CC(F)(F)F)C2CCOC2)s1. The maximum absolute atomic E-state index is 12.6. The first kappa shape index (κ1) is 16.0. The van der Waals surface area contributed by atoms with Gasteiger partial charge in [0.15, 0.2) is 0 Å². The number of carbonyl (C=O) groups excluding carboxylic acids is 1. The lowest BCUT2D eigenvalue weighted by molar-refractivity contribution is -0.162. The van der Waals surface area contributed by atoms with Gasteiger partial charge in [-0.05, 0) is 19.4 Å². The first-order valence-electron chi connectivity index (χ1n) is 6.41. The van der Waals surface area contributed by atoms with Gasteiger partial charge in [-0.2, -0.15) is 13.2 Å². The first-order valence-corrected chi connectivity index (χ1v) is 7.22. The molecular weight excluding hydrogens is 305 g/mol.